The van der Waals surface area contributed by atoms with E-state index >= 15 is 0 Å². The summed E-state index contributed by atoms with van der Waals surface area (Å²) in [6.45, 7) is 10.1. The number of hydrogen-bond acceptors (Lipinski definition) is 7. The third kappa shape index (κ3) is 8.39. The highest BCUT2D eigenvalue weighted by Crippen LogP contribution is 2.44. The second-order valence-electron chi connectivity index (χ2n) is 11.1. The van der Waals surface area contributed by atoms with Crippen molar-refractivity contribution in [2.24, 2.45) is 5.92 Å². The lowest BCUT2D eigenvalue weighted by molar-refractivity contribution is 0.166. The van der Waals surface area contributed by atoms with E-state index in [-0.39, 0.29) is 5.92 Å². The molecule has 7 nitrogen and oxygen atoms in total. The van der Waals surface area contributed by atoms with Gasteiger partial charge in [0.25, 0.3) is 0 Å². The van der Waals surface area contributed by atoms with Crippen LogP contribution in [0, 0.1) is 11.7 Å². The molecular formula is C32H42FN2O5P. The first-order valence-electron chi connectivity index (χ1n) is 14.2. The molecule has 1 heterocycles. The first kappa shape index (κ1) is 31.2. The highest BCUT2D eigenvalue weighted by Gasteiger charge is 2.33. The predicted octanol–water partition coefficient (Wildman–Crippen LogP) is 7.64. The molecule has 222 valence electrons. The Labute approximate surface area is 243 Å². The van der Waals surface area contributed by atoms with E-state index in [4.69, 9.17) is 18.5 Å². The highest BCUT2D eigenvalue weighted by molar-refractivity contribution is 7.33. The Hall–Kier alpha value is -2.77. The first-order valence-corrected chi connectivity index (χ1v) is 15.4. The van der Waals surface area contributed by atoms with Gasteiger partial charge in [0.15, 0.2) is 0 Å². The van der Waals surface area contributed by atoms with E-state index in [0.29, 0.717) is 49.2 Å². The standard InChI is InChI=1S/C32H42FN2O5P/c1-21(2)35(22(3)4)18-26-14-23(10-13-28(26)29-16-32(37-5)34-17-31(29)33)19-39-27-9-7-8-25(15-27)30(24-11-12-24)20-40-41(36)38-6/h7-10,13-17,21-22,24,30,41H,11-12,18-20H2,1-6H3. The Morgan fingerprint density at radius 1 is 1.02 bits per heavy atom. The smallest absolute Gasteiger partial charge is 0.318 e. The fraction of sp³-hybridized carbons (Fsp3) is 0.469. The van der Waals surface area contributed by atoms with E-state index in [2.05, 4.69) is 49.7 Å². The Morgan fingerprint density at radius 2 is 1.78 bits per heavy atom. The summed E-state index contributed by atoms with van der Waals surface area (Å²) < 4.78 is 48.6. The van der Waals surface area contributed by atoms with Crippen LogP contribution >= 0.6 is 8.25 Å². The number of pyridine rings is 1. The van der Waals surface area contributed by atoms with Gasteiger partial charge in [-0.05, 0) is 80.8 Å². The molecule has 1 aliphatic rings. The topological polar surface area (TPSA) is 70.1 Å². The average Bonchev–Trinajstić information content (AvgIpc) is 3.80. The molecule has 3 aromatic rings. The molecule has 0 amide bonds. The third-order valence-corrected chi connectivity index (χ3v) is 8.34. The van der Waals surface area contributed by atoms with Crippen molar-refractivity contribution in [3.63, 3.8) is 0 Å². The molecule has 0 saturated heterocycles. The summed E-state index contributed by atoms with van der Waals surface area (Å²) in [7, 11) is 0.461. The Bertz CT molecular complexity index is 1320. The Morgan fingerprint density at radius 3 is 2.44 bits per heavy atom. The van der Waals surface area contributed by atoms with Crippen LogP contribution < -0.4 is 9.47 Å². The average molecular weight is 585 g/mol. The summed E-state index contributed by atoms with van der Waals surface area (Å²) in [5, 5.41) is 0. The van der Waals surface area contributed by atoms with Crippen LogP contribution in [0.2, 0.25) is 0 Å². The lowest BCUT2D eigenvalue weighted by Crippen LogP contribution is -2.36. The predicted molar refractivity (Wildman–Crippen MR) is 160 cm³/mol. The van der Waals surface area contributed by atoms with Crippen LogP contribution in [0.5, 0.6) is 11.6 Å². The number of aromatic nitrogens is 1. The largest absolute Gasteiger partial charge is 0.489 e. The van der Waals surface area contributed by atoms with Gasteiger partial charge in [0.05, 0.1) is 19.9 Å². The monoisotopic (exact) mass is 584 g/mol. The summed E-state index contributed by atoms with van der Waals surface area (Å²) in [6.07, 6.45) is 3.48. The first-order chi connectivity index (χ1) is 19.7. The molecule has 0 spiro atoms. The Kier molecular flexibility index (Phi) is 11.0. The fourth-order valence-corrected chi connectivity index (χ4v) is 5.68. The SMILES string of the molecule is COc1cc(-c2ccc(COc3cccc(C(CO[PH](=O)OC)C4CC4)c3)cc2CN(C(C)C)C(C)C)c(F)cn1. The number of halogens is 1. The quantitative estimate of drug-likeness (QED) is 0.170. The van der Waals surface area contributed by atoms with E-state index in [1.165, 1.54) is 20.4 Å². The number of benzene rings is 2. The molecule has 41 heavy (non-hydrogen) atoms. The molecule has 2 unspecified atom stereocenters. The minimum Gasteiger partial charge on any atom is -0.489 e. The molecule has 0 bridgehead atoms. The van der Waals surface area contributed by atoms with Crippen LogP contribution in [0.3, 0.4) is 0 Å². The Balaban J connectivity index is 1.58. The van der Waals surface area contributed by atoms with Crippen molar-refractivity contribution in [2.75, 3.05) is 20.8 Å². The molecule has 2 atom stereocenters. The van der Waals surface area contributed by atoms with Gasteiger partial charge in [0.2, 0.25) is 5.88 Å². The van der Waals surface area contributed by atoms with E-state index in [0.717, 1.165) is 40.8 Å². The van der Waals surface area contributed by atoms with Crippen molar-refractivity contribution in [1.82, 2.24) is 9.88 Å². The van der Waals surface area contributed by atoms with Gasteiger partial charge in [0.1, 0.15) is 18.2 Å². The zero-order valence-electron chi connectivity index (χ0n) is 24.9. The van der Waals surface area contributed by atoms with Crippen molar-refractivity contribution < 1.29 is 27.5 Å². The lowest BCUT2D eigenvalue weighted by atomic mass is 9.95. The molecule has 0 N–H and O–H groups in total. The van der Waals surface area contributed by atoms with Crippen LogP contribution in [0.15, 0.2) is 54.7 Å². The molecule has 0 radical (unpaired) electrons. The second kappa shape index (κ2) is 14.4. The minimum atomic E-state index is -2.46. The summed E-state index contributed by atoms with van der Waals surface area (Å²) in [5.74, 6) is 1.41. The molecule has 0 aliphatic heterocycles. The molecule has 1 aromatic heterocycles. The van der Waals surface area contributed by atoms with Gasteiger partial charge in [-0.25, -0.2) is 9.37 Å². The zero-order valence-corrected chi connectivity index (χ0v) is 25.9. The second-order valence-corrected chi connectivity index (χ2v) is 12.3. The lowest BCUT2D eigenvalue weighted by Gasteiger charge is -2.31. The summed E-state index contributed by atoms with van der Waals surface area (Å²) >= 11 is 0. The molecule has 9 heteroatoms. The van der Waals surface area contributed by atoms with Gasteiger partial charge in [-0.3, -0.25) is 9.46 Å². The fourth-order valence-electron chi connectivity index (χ4n) is 5.25. The highest BCUT2D eigenvalue weighted by atomic mass is 31.1. The zero-order chi connectivity index (χ0) is 29.5. The van der Waals surface area contributed by atoms with Gasteiger partial charge in [-0.1, -0.05) is 30.3 Å². The van der Waals surface area contributed by atoms with Gasteiger partial charge in [0, 0.05) is 43.3 Å². The number of rotatable bonds is 15. The summed E-state index contributed by atoms with van der Waals surface area (Å²) in [4.78, 5) is 6.39. The normalized spacial score (nSPS) is 15.0. The molecular weight excluding hydrogens is 542 g/mol. The van der Waals surface area contributed by atoms with Gasteiger partial charge in [-0.2, -0.15) is 0 Å². The number of methoxy groups -OCH3 is 1. The van der Waals surface area contributed by atoms with Crippen LogP contribution in [0.4, 0.5) is 4.39 Å². The van der Waals surface area contributed by atoms with Crippen LogP contribution in [0.1, 0.15) is 63.1 Å². The van der Waals surface area contributed by atoms with Gasteiger partial charge in [-0.15, -0.1) is 0 Å². The van der Waals surface area contributed by atoms with E-state index in [9.17, 15) is 8.96 Å². The maximum atomic E-state index is 15.0. The molecule has 1 aliphatic carbocycles. The summed E-state index contributed by atoms with van der Waals surface area (Å²) in [6, 6.07) is 16.4. The molecule has 2 aromatic carbocycles. The maximum absolute atomic E-state index is 15.0. The van der Waals surface area contributed by atoms with Crippen molar-refractivity contribution in [2.45, 2.75) is 71.7 Å². The maximum Gasteiger partial charge on any atom is 0.318 e. The van der Waals surface area contributed by atoms with Crippen LogP contribution in [-0.2, 0) is 26.8 Å². The van der Waals surface area contributed by atoms with E-state index in [1.807, 2.05) is 30.3 Å². The van der Waals surface area contributed by atoms with Gasteiger partial charge >= 0.3 is 8.25 Å². The number of nitrogens with zero attached hydrogens (tertiary/aromatic N) is 2. The molecule has 1 saturated carbocycles. The summed E-state index contributed by atoms with van der Waals surface area (Å²) in [5.41, 5.74) is 4.38. The van der Waals surface area contributed by atoms with Crippen molar-refractivity contribution in [1.29, 1.82) is 0 Å². The van der Waals surface area contributed by atoms with Crippen molar-refractivity contribution >= 4 is 8.25 Å². The minimum absolute atomic E-state index is 0.152. The van der Waals surface area contributed by atoms with E-state index < -0.39 is 14.1 Å². The number of ether oxygens (including phenoxy) is 2. The van der Waals surface area contributed by atoms with Crippen molar-refractivity contribution in [3.8, 4) is 22.8 Å². The number of hydrogen-bond donors (Lipinski definition) is 0. The van der Waals surface area contributed by atoms with Crippen molar-refractivity contribution in [3.05, 3.63) is 77.2 Å². The molecule has 1 fully saturated rings. The third-order valence-electron chi connectivity index (χ3n) is 7.61. The van der Waals surface area contributed by atoms with E-state index in [1.54, 1.807) is 6.07 Å². The van der Waals surface area contributed by atoms with Crippen LogP contribution in [0.25, 0.3) is 11.1 Å². The van der Waals surface area contributed by atoms with Crippen LogP contribution in [-0.4, -0.2) is 42.8 Å². The van der Waals surface area contributed by atoms with Gasteiger partial charge < -0.3 is 18.5 Å². The molecule has 4 rings (SSSR count).